The van der Waals surface area contributed by atoms with Crippen molar-refractivity contribution in [2.45, 2.75) is 19.8 Å². The molecule has 1 aromatic carbocycles. The Bertz CT molecular complexity index is 1220. The van der Waals surface area contributed by atoms with Gasteiger partial charge in [0.15, 0.2) is 0 Å². The van der Waals surface area contributed by atoms with Gasteiger partial charge in [0.2, 0.25) is 11.8 Å². The SMILES string of the molecule is CN(C)C(=O)c1ccc(-c2ccc3c(n2)Oc2nc(Cl)ccc2C3C(C)(C)C(=O)O)cc1. The van der Waals surface area contributed by atoms with E-state index in [1.165, 1.54) is 4.90 Å². The summed E-state index contributed by atoms with van der Waals surface area (Å²) in [6, 6.07) is 14.1. The highest BCUT2D eigenvalue weighted by atomic mass is 35.5. The standard InChI is InChI=1S/C24H22ClN3O4/c1-24(2,23(30)31)19-15-9-11-17(13-5-7-14(8-6-13)22(29)28(3)4)26-20(15)32-21-16(19)10-12-18(25)27-21/h5-12,19H,1-4H3,(H,30,31). The zero-order valence-electron chi connectivity index (χ0n) is 18.1. The lowest BCUT2D eigenvalue weighted by atomic mass is 9.71. The van der Waals surface area contributed by atoms with Gasteiger partial charge in [0.05, 0.1) is 11.1 Å². The van der Waals surface area contributed by atoms with Crippen molar-refractivity contribution in [1.82, 2.24) is 14.9 Å². The molecule has 1 atom stereocenters. The molecular formula is C24H22ClN3O4. The van der Waals surface area contributed by atoms with Gasteiger partial charge in [-0.1, -0.05) is 29.8 Å². The number of fused-ring (bicyclic) bond motifs is 2. The van der Waals surface area contributed by atoms with Crippen LogP contribution in [0.5, 0.6) is 11.8 Å². The van der Waals surface area contributed by atoms with Crippen LogP contribution in [0.2, 0.25) is 5.15 Å². The van der Waals surface area contributed by atoms with Crippen LogP contribution in [0, 0.1) is 5.41 Å². The summed E-state index contributed by atoms with van der Waals surface area (Å²) in [7, 11) is 3.40. The molecule has 164 valence electrons. The zero-order chi connectivity index (χ0) is 23.2. The molecule has 0 fully saturated rings. The lowest BCUT2D eigenvalue weighted by molar-refractivity contribution is -0.147. The van der Waals surface area contributed by atoms with Gasteiger partial charge in [-0.15, -0.1) is 0 Å². The monoisotopic (exact) mass is 451 g/mol. The van der Waals surface area contributed by atoms with Crippen LogP contribution in [0.4, 0.5) is 0 Å². The Morgan fingerprint density at radius 3 is 2.16 bits per heavy atom. The van der Waals surface area contributed by atoms with Crippen LogP contribution >= 0.6 is 11.6 Å². The number of carboxylic acids is 1. The molecule has 0 aliphatic carbocycles. The second-order valence-corrected chi connectivity index (χ2v) is 8.85. The fourth-order valence-electron chi connectivity index (χ4n) is 3.85. The van der Waals surface area contributed by atoms with Crippen LogP contribution in [-0.2, 0) is 4.79 Å². The van der Waals surface area contributed by atoms with Gasteiger partial charge in [0.25, 0.3) is 5.91 Å². The summed E-state index contributed by atoms with van der Waals surface area (Å²) < 4.78 is 5.96. The number of amides is 1. The Kier molecular flexibility index (Phi) is 5.38. The summed E-state index contributed by atoms with van der Waals surface area (Å²) in [5, 5.41) is 10.1. The van der Waals surface area contributed by atoms with Crippen molar-refractivity contribution >= 4 is 23.5 Å². The lowest BCUT2D eigenvalue weighted by Gasteiger charge is -2.35. The maximum Gasteiger partial charge on any atom is 0.310 e. The average Bonchev–Trinajstić information content (AvgIpc) is 2.76. The number of aliphatic carboxylic acids is 1. The van der Waals surface area contributed by atoms with Crippen LogP contribution in [0.15, 0.2) is 48.5 Å². The number of hydrogen-bond acceptors (Lipinski definition) is 5. The van der Waals surface area contributed by atoms with Crippen LogP contribution < -0.4 is 4.74 Å². The first-order chi connectivity index (χ1) is 15.1. The van der Waals surface area contributed by atoms with Gasteiger partial charge in [-0.2, -0.15) is 0 Å². The number of carbonyl (C=O) groups excluding carboxylic acids is 1. The predicted molar refractivity (Wildman–Crippen MR) is 120 cm³/mol. The van der Waals surface area contributed by atoms with Gasteiger partial charge in [0, 0.05) is 42.3 Å². The molecule has 1 aliphatic heterocycles. The quantitative estimate of drug-likeness (QED) is 0.570. The Balaban J connectivity index is 1.79. The topological polar surface area (TPSA) is 92.6 Å². The van der Waals surface area contributed by atoms with E-state index >= 15 is 0 Å². The number of rotatable bonds is 4. The molecule has 8 heteroatoms. The molecule has 1 amide bonds. The van der Waals surface area contributed by atoms with E-state index < -0.39 is 17.3 Å². The highest BCUT2D eigenvalue weighted by Gasteiger charge is 2.44. The fraction of sp³-hybridized carbons (Fsp3) is 0.250. The minimum Gasteiger partial charge on any atom is -0.481 e. The fourth-order valence-corrected chi connectivity index (χ4v) is 3.99. The van der Waals surface area contributed by atoms with Crippen molar-refractivity contribution < 1.29 is 19.4 Å². The number of ether oxygens (including phenoxy) is 1. The van der Waals surface area contributed by atoms with Crippen molar-refractivity contribution in [2.24, 2.45) is 5.41 Å². The summed E-state index contributed by atoms with van der Waals surface area (Å²) in [5.41, 5.74) is 2.17. The van der Waals surface area contributed by atoms with E-state index in [9.17, 15) is 14.7 Å². The van der Waals surface area contributed by atoms with E-state index in [1.54, 1.807) is 52.2 Å². The van der Waals surface area contributed by atoms with Crippen molar-refractivity contribution in [3.8, 4) is 23.0 Å². The summed E-state index contributed by atoms with van der Waals surface area (Å²) in [6.07, 6.45) is 0. The first kappa shape index (κ1) is 21.8. The number of halogens is 1. The molecule has 0 saturated heterocycles. The normalized spacial score (nSPS) is 14.7. The smallest absolute Gasteiger partial charge is 0.310 e. The van der Waals surface area contributed by atoms with E-state index in [-0.39, 0.29) is 22.8 Å². The maximum atomic E-state index is 12.1. The molecule has 0 radical (unpaired) electrons. The maximum absolute atomic E-state index is 12.1. The molecule has 1 unspecified atom stereocenters. The second-order valence-electron chi connectivity index (χ2n) is 8.46. The van der Waals surface area contributed by atoms with Gasteiger partial charge in [-0.3, -0.25) is 9.59 Å². The third kappa shape index (κ3) is 3.69. The highest BCUT2D eigenvalue weighted by molar-refractivity contribution is 6.29. The summed E-state index contributed by atoms with van der Waals surface area (Å²) in [4.78, 5) is 34.6. The van der Waals surface area contributed by atoms with Crippen LogP contribution in [0.1, 0.15) is 41.3 Å². The van der Waals surface area contributed by atoms with Crippen molar-refractivity contribution in [3.05, 3.63) is 70.4 Å². The lowest BCUT2D eigenvalue weighted by Crippen LogP contribution is -2.34. The minimum atomic E-state index is -1.14. The molecular weight excluding hydrogens is 430 g/mol. The van der Waals surface area contributed by atoms with Crippen molar-refractivity contribution in [1.29, 1.82) is 0 Å². The van der Waals surface area contributed by atoms with E-state index in [0.29, 0.717) is 22.4 Å². The van der Waals surface area contributed by atoms with Crippen LogP contribution in [0.3, 0.4) is 0 Å². The number of carboxylic acid groups (broad SMARTS) is 1. The molecule has 0 saturated carbocycles. The number of nitrogens with zero attached hydrogens (tertiary/aromatic N) is 3. The molecule has 1 aliphatic rings. The molecule has 4 rings (SSSR count). The zero-order valence-corrected chi connectivity index (χ0v) is 18.8. The van der Waals surface area contributed by atoms with E-state index in [1.807, 2.05) is 24.3 Å². The number of carbonyl (C=O) groups is 2. The third-order valence-electron chi connectivity index (χ3n) is 5.67. The van der Waals surface area contributed by atoms with E-state index in [4.69, 9.17) is 16.3 Å². The van der Waals surface area contributed by atoms with Crippen LogP contribution in [0.25, 0.3) is 11.3 Å². The van der Waals surface area contributed by atoms with Gasteiger partial charge in [-0.25, -0.2) is 9.97 Å². The van der Waals surface area contributed by atoms with E-state index in [2.05, 4.69) is 9.97 Å². The Morgan fingerprint density at radius 2 is 1.56 bits per heavy atom. The molecule has 3 aromatic rings. The average molecular weight is 452 g/mol. The molecule has 32 heavy (non-hydrogen) atoms. The minimum absolute atomic E-state index is 0.0865. The van der Waals surface area contributed by atoms with Gasteiger partial charge in [-0.05, 0) is 44.2 Å². The number of hydrogen-bond donors (Lipinski definition) is 1. The van der Waals surface area contributed by atoms with Gasteiger partial charge in [0.1, 0.15) is 5.15 Å². The van der Waals surface area contributed by atoms with Gasteiger partial charge >= 0.3 is 5.97 Å². The first-order valence-electron chi connectivity index (χ1n) is 10.0. The highest BCUT2D eigenvalue weighted by Crippen LogP contribution is 2.51. The van der Waals surface area contributed by atoms with Crippen molar-refractivity contribution in [3.63, 3.8) is 0 Å². The summed E-state index contributed by atoms with van der Waals surface area (Å²) in [6.45, 7) is 3.34. The first-order valence-corrected chi connectivity index (χ1v) is 10.4. The number of pyridine rings is 2. The Hall–Kier alpha value is -3.45. The third-order valence-corrected chi connectivity index (χ3v) is 5.88. The van der Waals surface area contributed by atoms with Gasteiger partial charge < -0.3 is 14.7 Å². The summed E-state index contributed by atoms with van der Waals surface area (Å²) >= 11 is 6.06. The number of benzene rings is 1. The molecule has 0 spiro atoms. The molecule has 2 aromatic heterocycles. The Labute approximate surface area is 190 Å². The molecule has 0 bridgehead atoms. The molecule has 3 heterocycles. The molecule has 7 nitrogen and oxygen atoms in total. The van der Waals surface area contributed by atoms with Crippen LogP contribution in [-0.4, -0.2) is 45.9 Å². The van der Waals surface area contributed by atoms with Crippen molar-refractivity contribution in [2.75, 3.05) is 14.1 Å². The second kappa shape index (κ2) is 7.91. The molecule has 1 N–H and O–H groups in total. The summed E-state index contributed by atoms with van der Waals surface area (Å²) in [5.74, 6) is -1.01. The largest absolute Gasteiger partial charge is 0.481 e. The van der Waals surface area contributed by atoms with E-state index in [0.717, 1.165) is 5.56 Å². The number of aromatic nitrogens is 2. The Morgan fingerprint density at radius 1 is 0.969 bits per heavy atom. The predicted octanol–water partition coefficient (Wildman–Crippen LogP) is 4.85.